The summed E-state index contributed by atoms with van der Waals surface area (Å²) in [6, 6.07) is 6.19. The zero-order valence-corrected chi connectivity index (χ0v) is 27.9. The predicted octanol–water partition coefficient (Wildman–Crippen LogP) is 4.52. The van der Waals surface area contributed by atoms with Crippen molar-refractivity contribution in [2.45, 2.75) is 52.9 Å². The summed E-state index contributed by atoms with van der Waals surface area (Å²) in [4.78, 5) is 40.4. The minimum absolute atomic E-state index is 0.120. The normalized spacial score (nSPS) is 16.5. The van der Waals surface area contributed by atoms with Crippen LogP contribution >= 0.6 is 0 Å². The number of para-hydroxylation sites is 1. The van der Waals surface area contributed by atoms with Crippen molar-refractivity contribution in [2.24, 2.45) is 0 Å². The number of hydrogen-bond donors (Lipinski definition) is 1. The first-order valence-electron chi connectivity index (χ1n) is 16.0. The summed E-state index contributed by atoms with van der Waals surface area (Å²) in [5, 5.41) is 7.62. The Morgan fingerprint density at radius 2 is 1.69 bits per heavy atom. The molecule has 1 amide bonds. The van der Waals surface area contributed by atoms with Crippen LogP contribution in [0.2, 0.25) is 0 Å². The lowest BCUT2D eigenvalue weighted by Gasteiger charge is -2.34. The van der Waals surface area contributed by atoms with E-state index in [0.717, 1.165) is 0 Å². The molecule has 3 aromatic heterocycles. The van der Waals surface area contributed by atoms with E-state index in [1.807, 2.05) is 40.8 Å². The predicted molar refractivity (Wildman–Crippen MR) is 177 cm³/mol. The molecule has 2 aliphatic heterocycles. The molecule has 0 radical (unpaired) electrons. The van der Waals surface area contributed by atoms with Gasteiger partial charge in [0.15, 0.2) is 17.3 Å². The van der Waals surface area contributed by atoms with E-state index < -0.39 is 11.4 Å². The van der Waals surface area contributed by atoms with Crippen molar-refractivity contribution in [3.8, 4) is 11.5 Å². The van der Waals surface area contributed by atoms with Gasteiger partial charge in [-0.25, -0.2) is 29.1 Å². The fourth-order valence-corrected chi connectivity index (χ4v) is 4.97. The van der Waals surface area contributed by atoms with Gasteiger partial charge in [0.1, 0.15) is 11.9 Å². The van der Waals surface area contributed by atoms with E-state index in [4.69, 9.17) is 14.2 Å². The number of benzene rings is 1. The second-order valence-corrected chi connectivity index (χ2v) is 11.8. The lowest BCUT2D eigenvalue weighted by molar-refractivity contribution is -0.0483. The van der Waals surface area contributed by atoms with Gasteiger partial charge < -0.3 is 34.2 Å². The third-order valence-corrected chi connectivity index (χ3v) is 7.15. The number of rotatable bonds is 8. The summed E-state index contributed by atoms with van der Waals surface area (Å²) in [5.74, 6) is 1.54. The molecule has 2 fully saturated rings. The van der Waals surface area contributed by atoms with Gasteiger partial charge in [0.25, 0.3) is 0 Å². The highest BCUT2D eigenvalue weighted by Crippen LogP contribution is 2.24. The molecule has 0 bridgehead atoms. The number of aromatic nitrogens is 7. The molecule has 16 heteroatoms. The highest BCUT2D eigenvalue weighted by molar-refractivity contribution is 5.68. The molecule has 256 valence electrons. The number of carbonyl (C=O) groups is 1. The van der Waals surface area contributed by atoms with Gasteiger partial charge in [-0.2, -0.15) is 10.1 Å². The van der Waals surface area contributed by atoms with E-state index in [1.165, 1.54) is 24.8 Å². The summed E-state index contributed by atoms with van der Waals surface area (Å²) < 4.78 is 32.6. The summed E-state index contributed by atoms with van der Waals surface area (Å²) in [6.07, 6.45) is 7.51. The Balaban J connectivity index is 0.00000221. The third kappa shape index (κ3) is 9.24. The Labute approximate surface area is 279 Å². The van der Waals surface area contributed by atoms with Gasteiger partial charge in [-0.1, -0.05) is 26.0 Å². The number of carbonyl (C=O) groups excluding carboxylic acids is 1. The fourth-order valence-electron chi connectivity index (χ4n) is 4.97. The van der Waals surface area contributed by atoms with Crippen molar-refractivity contribution in [1.82, 2.24) is 39.6 Å². The number of amides is 1. The van der Waals surface area contributed by atoms with Crippen LogP contribution in [0.1, 0.15) is 34.6 Å². The summed E-state index contributed by atoms with van der Waals surface area (Å²) in [5.41, 5.74) is 0.156. The van der Waals surface area contributed by atoms with Crippen molar-refractivity contribution >= 4 is 29.6 Å². The van der Waals surface area contributed by atoms with Crippen molar-refractivity contribution < 1.29 is 23.4 Å². The molecule has 5 heterocycles. The maximum absolute atomic E-state index is 13.9. The van der Waals surface area contributed by atoms with Gasteiger partial charge in [0.2, 0.25) is 17.8 Å². The van der Waals surface area contributed by atoms with Crippen LogP contribution < -0.4 is 19.9 Å². The molecule has 1 unspecified atom stereocenters. The molecule has 0 spiro atoms. The average Bonchev–Trinajstić information content (AvgIpc) is 3.53. The number of halogens is 1. The van der Waals surface area contributed by atoms with Crippen LogP contribution in [-0.4, -0.2) is 103 Å². The molecular formula is C32H42FN11O4. The number of ether oxygens (including phenoxy) is 3. The van der Waals surface area contributed by atoms with Crippen molar-refractivity contribution in [1.29, 1.82) is 0 Å². The Morgan fingerprint density at radius 1 is 0.979 bits per heavy atom. The molecule has 48 heavy (non-hydrogen) atoms. The molecule has 15 nitrogen and oxygen atoms in total. The Hall–Kier alpha value is -5.12. The van der Waals surface area contributed by atoms with Crippen molar-refractivity contribution in [3.63, 3.8) is 0 Å². The first-order valence-corrected chi connectivity index (χ1v) is 16.0. The molecule has 2 aliphatic rings. The Morgan fingerprint density at radius 3 is 2.40 bits per heavy atom. The molecular weight excluding hydrogens is 621 g/mol. The van der Waals surface area contributed by atoms with E-state index >= 15 is 0 Å². The monoisotopic (exact) mass is 663 g/mol. The van der Waals surface area contributed by atoms with Crippen LogP contribution in [0.25, 0.3) is 0 Å². The van der Waals surface area contributed by atoms with E-state index in [2.05, 4.69) is 45.1 Å². The minimum Gasteiger partial charge on any atom is -0.451 e. The van der Waals surface area contributed by atoms with Crippen LogP contribution in [0.4, 0.5) is 32.7 Å². The van der Waals surface area contributed by atoms with Crippen molar-refractivity contribution in [2.75, 3.05) is 61.0 Å². The van der Waals surface area contributed by atoms with Gasteiger partial charge in [-0.3, -0.25) is 4.68 Å². The van der Waals surface area contributed by atoms with Crippen LogP contribution in [-0.2, 0) is 16.0 Å². The van der Waals surface area contributed by atoms with Crippen LogP contribution in [0.3, 0.4) is 0 Å². The molecule has 1 atom stereocenters. The molecule has 0 aliphatic carbocycles. The van der Waals surface area contributed by atoms with E-state index in [1.54, 1.807) is 34.0 Å². The summed E-state index contributed by atoms with van der Waals surface area (Å²) in [6.45, 7) is 14.0. The summed E-state index contributed by atoms with van der Waals surface area (Å²) in [7, 11) is 0. The topological polar surface area (TPSA) is 149 Å². The lowest BCUT2D eigenvalue weighted by Crippen LogP contribution is -2.48. The van der Waals surface area contributed by atoms with Gasteiger partial charge in [0, 0.05) is 38.9 Å². The zero-order chi connectivity index (χ0) is 34.1. The van der Waals surface area contributed by atoms with Crippen molar-refractivity contribution in [3.05, 3.63) is 61.2 Å². The fraction of sp³-hybridized carbons (Fsp3) is 0.469. The molecule has 0 saturated carbocycles. The van der Waals surface area contributed by atoms with Crippen LogP contribution in [0.5, 0.6) is 11.5 Å². The summed E-state index contributed by atoms with van der Waals surface area (Å²) >= 11 is 0. The standard InChI is InChI=1S/C30H36FN11O4.C2H6/c1-30(2,3)46-29(43)41-12-13-44-23(18-41)19-42-17-21(14-36-42)37-26-34-20-35-28(38-26)40-10-8-39(9-11-40)27-32-15-22(16-33-27)45-25-7-5-4-6-24(25)31;1-2/h4-7,14-17,20,23H,8-13,18-19H2,1-3H3,(H,34,35,37,38);1-2H3. The Bertz CT molecular complexity index is 1620. The van der Waals surface area contributed by atoms with E-state index in [-0.39, 0.29) is 17.9 Å². The van der Waals surface area contributed by atoms with E-state index in [9.17, 15) is 9.18 Å². The minimum atomic E-state index is -0.553. The Kier molecular flexibility index (Phi) is 11.2. The number of morpholine rings is 1. The van der Waals surface area contributed by atoms with Gasteiger partial charge in [0.05, 0.1) is 50.1 Å². The highest BCUT2D eigenvalue weighted by atomic mass is 19.1. The maximum atomic E-state index is 13.9. The quantitative estimate of drug-likeness (QED) is 0.282. The molecule has 2 saturated heterocycles. The second-order valence-electron chi connectivity index (χ2n) is 11.8. The number of nitrogens with one attached hydrogen (secondary N) is 1. The highest BCUT2D eigenvalue weighted by Gasteiger charge is 2.28. The number of piperazine rings is 1. The van der Waals surface area contributed by atoms with Gasteiger partial charge >= 0.3 is 6.09 Å². The first kappa shape index (κ1) is 34.2. The number of anilines is 4. The molecule has 1 aromatic carbocycles. The maximum Gasteiger partial charge on any atom is 0.410 e. The van der Waals surface area contributed by atoms with E-state index in [0.29, 0.717) is 81.7 Å². The van der Waals surface area contributed by atoms with Crippen LogP contribution in [0, 0.1) is 5.82 Å². The largest absolute Gasteiger partial charge is 0.451 e. The smallest absolute Gasteiger partial charge is 0.410 e. The van der Waals surface area contributed by atoms with Gasteiger partial charge in [-0.15, -0.1) is 0 Å². The lowest BCUT2D eigenvalue weighted by atomic mass is 10.2. The number of nitrogens with zero attached hydrogens (tertiary/aromatic N) is 10. The molecule has 1 N–H and O–H groups in total. The molecule has 6 rings (SSSR count). The third-order valence-electron chi connectivity index (χ3n) is 7.15. The SMILES string of the molecule is CC.CC(C)(C)OC(=O)N1CCOC(Cn2cc(Nc3ncnc(N4CCN(c5ncc(Oc6ccccc6F)cn5)CC4)n3)cn2)C1. The second kappa shape index (κ2) is 15.6. The molecule has 4 aromatic rings. The first-order chi connectivity index (χ1) is 23.2. The zero-order valence-electron chi connectivity index (χ0n) is 27.9. The number of hydrogen-bond acceptors (Lipinski definition) is 13. The van der Waals surface area contributed by atoms with Crippen LogP contribution in [0.15, 0.2) is 55.4 Å². The average molecular weight is 664 g/mol. The van der Waals surface area contributed by atoms with Gasteiger partial charge in [-0.05, 0) is 32.9 Å².